The van der Waals surface area contributed by atoms with Gasteiger partial charge >= 0.3 is 17.9 Å². The van der Waals surface area contributed by atoms with Crippen LogP contribution in [0.4, 0.5) is 0 Å². The summed E-state index contributed by atoms with van der Waals surface area (Å²) in [5.41, 5.74) is 0.713. The first-order valence-corrected chi connectivity index (χ1v) is 19.5. The molecule has 0 amide bonds. The highest BCUT2D eigenvalue weighted by molar-refractivity contribution is 5.87. The third kappa shape index (κ3) is 26.9. The van der Waals surface area contributed by atoms with Crippen LogP contribution in [0.2, 0.25) is 0 Å². The smallest absolute Gasteiger partial charge is 0.330 e. The maximum Gasteiger partial charge on any atom is 0.330 e. The SMILES string of the molecule is COc1ccc(/C=C/C(=O)OCCCCCCCCCCCCCCCCCCCCCCCCCC(=O)OCC(O)CO)cc1OC(C)=O. The van der Waals surface area contributed by atoms with Gasteiger partial charge in [-0.05, 0) is 36.6 Å². The summed E-state index contributed by atoms with van der Waals surface area (Å²) in [4.78, 5) is 34.8. The van der Waals surface area contributed by atoms with Crippen LogP contribution in [0.25, 0.3) is 6.08 Å². The third-order valence-electron chi connectivity index (χ3n) is 8.77. The summed E-state index contributed by atoms with van der Waals surface area (Å²) in [6.45, 7) is 1.25. The Morgan fingerprint density at radius 1 is 0.660 bits per heavy atom. The van der Waals surface area contributed by atoms with Gasteiger partial charge in [0.05, 0.1) is 20.3 Å². The minimum Gasteiger partial charge on any atom is -0.493 e. The minimum absolute atomic E-state index is 0.120. The van der Waals surface area contributed by atoms with E-state index in [9.17, 15) is 19.5 Å². The quantitative estimate of drug-likeness (QED) is 0.0318. The van der Waals surface area contributed by atoms with Gasteiger partial charge in [0.1, 0.15) is 12.7 Å². The normalized spacial score (nSPS) is 11.8. The number of hydrogen-bond donors (Lipinski definition) is 2. The third-order valence-corrected chi connectivity index (χ3v) is 8.77. The van der Waals surface area contributed by atoms with E-state index in [1.807, 2.05) is 0 Å². The lowest BCUT2D eigenvalue weighted by Crippen LogP contribution is -2.21. The van der Waals surface area contributed by atoms with E-state index in [1.54, 1.807) is 24.3 Å². The highest BCUT2D eigenvalue weighted by atomic mass is 16.6. The molecule has 0 aromatic heterocycles. The van der Waals surface area contributed by atoms with E-state index in [2.05, 4.69) is 0 Å². The second-order valence-electron chi connectivity index (χ2n) is 13.4. The first kappa shape index (κ1) is 45.1. The van der Waals surface area contributed by atoms with Crippen molar-refractivity contribution in [2.75, 3.05) is 26.9 Å². The van der Waals surface area contributed by atoms with E-state index in [0.717, 1.165) is 32.1 Å². The van der Waals surface area contributed by atoms with Gasteiger partial charge < -0.3 is 29.2 Å². The number of rotatable bonds is 33. The van der Waals surface area contributed by atoms with Crippen LogP contribution in [0, 0.1) is 0 Å². The van der Waals surface area contributed by atoms with E-state index < -0.39 is 12.1 Å². The molecule has 1 rings (SSSR count). The van der Waals surface area contributed by atoms with Gasteiger partial charge in [0.25, 0.3) is 0 Å². The highest BCUT2D eigenvalue weighted by Gasteiger charge is 2.09. The van der Waals surface area contributed by atoms with Crippen molar-refractivity contribution in [1.29, 1.82) is 0 Å². The molecule has 0 radical (unpaired) electrons. The van der Waals surface area contributed by atoms with Crippen LogP contribution >= 0.6 is 0 Å². The fourth-order valence-corrected chi connectivity index (χ4v) is 5.81. The van der Waals surface area contributed by atoms with Crippen LogP contribution in [0.5, 0.6) is 11.5 Å². The topological polar surface area (TPSA) is 129 Å². The maximum absolute atomic E-state index is 12.0. The molecule has 286 valence electrons. The Labute approximate surface area is 302 Å². The lowest BCUT2D eigenvalue weighted by Gasteiger charge is -2.08. The van der Waals surface area contributed by atoms with Gasteiger partial charge in [-0.3, -0.25) is 9.59 Å². The monoisotopic (exact) mass is 704 g/mol. The number of unbranched alkanes of at least 4 members (excludes halogenated alkanes) is 22. The van der Waals surface area contributed by atoms with Gasteiger partial charge in [-0.1, -0.05) is 141 Å². The van der Waals surface area contributed by atoms with Crippen molar-refractivity contribution < 1.29 is 43.5 Å². The zero-order valence-corrected chi connectivity index (χ0v) is 31.3. The second-order valence-corrected chi connectivity index (χ2v) is 13.4. The molecule has 0 heterocycles. The standard InChI is InChI=1S/C41H68O9/c1-35(43)50-39-32-36(27-29-38(39)47-2)28-30-41(46)48-31-25-23-21-19-17-15-13-11-9-7-5-3-4-6-8-10-12-14-16-18-20-22-24-26-40(45)49-34-37(44)33-42/h27-30,32,37,42,44H,3-26,31,33-34H2,1-2H3/b30-28+. The Morgan fingerprint density at radius 3 is 1.56 bits per heavy atom. The predicted molar refractivity (Wildman–Crippen MR) is 199 cm³/mol. The second kappa shape index (κ2) is 32.0. The highest BCUT2D eigenvalue weighted by Crippen LogP contribution is 2.28. The number of benzene rings is 1. The zero-order chi connectivity index (χ0) is 36.5. The van der Waals surface area contributed by atoms with Crippen molar-refractivity contribution in [3.05, 3.63) is 29.8 Å². The minimum atomic E-state index is -0.975. The van der Waals surface area contributed by atoms with Crippen molar-refractivity contribution in [2.45, 2.75) is 167 Å². The average Bonchev–Trinajstić information content (AvgIpc) is 3.10. The molecular weight excluding hydrogens is 636 g/mol. The summed E-state index contributed by atoms with van der Waals surface area (Å²) in [6.07, 6.45) is 31.3. The first-order valence-electron chi connectivity index (χ1n) is 19.5. The van der Waals surface area contributed by atoms with Gasteiger partial charge in [0, 0.05) is 19.4 Å². The summed E-state index contributed by atoms with van der Waals surface area (Å²) in [5, 5.41) is 17.9. The zero-order valence-electron chi connectivity index (χ0n) is 31.3. The molecule has 0 aliphatic carbocycles. The van der Waals surface area contributed by atoms with Crippen molar-refractivity contribution in [3.8, 4) is 11.5 Å². The van der Waals surface area contributed by atoms with Crippen LogP contribution in [-0.4, -0.2) is 61.2 Å². The molecule has 1 unspecified atom stereocenters. The molecule has 0 aliphatic heterocycles. The molecule has 0 fully saturated rings. The molecule has 9 nitrogen and oxygen atoms in total. The molecule has 1 atom stereocenters. The fraction of sp³-hybridized carbons (Fsp3) is 0.732. The molecule has 2 N–H and O–H groups in total. The number of carbonyl (C=O) groups excluding carboxylic acids is 3. The van der Waals surface area contributed by atoms with E-state index in [0.29, 0.717) is 30.1 Å². The molecule has 50 heavy (non-hydrogen) atoms. The summed E-state index contributed by atoms with van der Waals surface area (Å²) in [7, 11) is 1.50. The van der Waals surface area contributed by atoms with Crippen LogP contribution in [0.3, 0.4) is 0 Å². The van der Waals surface area contributed by atoms with E-state index >= 15 is 0 Å². The van der Waals surface area contributed by atoms with Crippen LogP contribution in [-0.2, 0) is 23.9 Å². The number of ether oxygens (including phenoxy) is 4. The van der Waals surface area contributed by atoms with Crippen molar-refractivity contribution in [2.24, 2.45) is 0 Å². The molecule has 0 saturated carbocycles. The summed E-state index contributed by atoms with van der Waals surface area (Å²) < 4.78 is 20.6. The summed E-state index contributed by atoms with van der Waals surface area (Å²) >= 11 is 0. The number of hydrogen-bond acceptors (Lipinski definition) is 9. The summed E-state index contributed by atoms with van der Waals surface area (Å²) in [6, 6.07) is 5.12. The van der Waals surface area contributed by atoms with E-state index in [4.69, 9.17) is 24.1 Å². The van der Waals surface area contributed by atoms with Crippen LogP contribution in [0.1, 0.15) is 167 Å². The van der Waals surface area contributed by atoms with Gasteiger partial charge in [0.2, 0.25) is 0 Å². The van der Waals surface area contributed by atoms with Gasteiger partial charge in [-0.15, -0.1) is 0 Å². The van der Waals surface area contributed by atoms with E-state index in [-0.39, 0.29) is 25.2 Å². The molecule has 1 aromatic rings. The Kier molecular flexibility index (Phi) is 28.9. The number of aliphatic hydroxyl groups excluding tert-OH is 2. The maximum atomic E-state index is 12.0. The lowest BCUT2D eigenvalue weighted by molar-refractivity contribution is -0.147. The van der Waals surface area contributed by atoms with Crippen LogP contribution < -0.4 is 9.47 Å². The van der Waals surface area contributed by atoms with Gasteiger partial charge in [-0.25, -0.2) is 4.79 Å². The number of methoxy groups -OCH3 is 1. The van der Waals surface area contributed by atoms with Crippen LogP contribution in [0.15, 0.2) is 24.3 Å². The Bertz CT molecular complexity index is 1040. The van der Waals surface area contributed by atoms with Gasteiger partial charge in [0.15, 0.2) is 11.5 Å². The number of carbonyl (C=O) groups is 3. The van der Waals surface area contributed by atoms with Crippen molar-refractivity contribution in [3.63, 3.8) is 0 Å². The van der Waals surface area contributed by atoms with E-state index in [1.165, 1.54) is 136 Å². The molecule has 1 aromatic carbocycles. The summed E-state index contributed by atoms with van der Waals surface area (Å²) in [5.74, 6) is -0.339. The Hall–Kier alpha value is -2.91. The first-order chi connectivity index (χ1) is 24.3. The molecular formula is C41H68O9. The van der Waals surface area contributed by atoms with Crippen molar-refractivity contribution >= 4 is 24.0 Å². The molecule has 0 aliphatic rings. The lowest BCUT2D eigenvalue weighted by atomic mass is 10.0. The molecule has 0 saturated heterocycles. The molecule has 0 bridgehead atoms. The Morgan fingerprint density at radius 2 is 1.12 bits per heavy atom. The predicted octanol–water partition coefficient (Wildman–Crippen LogP) is 9.44. The Balaban J connectivity index is 1.80. The van der Waals surface area contributed by atoms with Crippen molar-refractivity contribution in [1.82, 2.24) is 0 Å². The molecule has 0 spiro atoms. The molecule has 9 heteroatoms. The van der Waals surface area contributed by atoms with Gasteiger partial charge in [-0.2, -0.15) is 0 Å². The fourth-order valence-electron chi connectivity index (χ4n) is 5.81. The largest absolute Gasteiger partial charge is 0.493 e. The number of aliphatic hydroxyl groups is 2. The average molecular weight is 705 g/mol. The number of esters is 3.